The van der Waals surface area contributed by atoms with E-state index in [1.807, 2.05) is 12.3 Å². The fourth-order valence-corrected chi connectivity index (χ4v) is 3.27. The molecule has 0 unspecified atom stereocenters. The van der Waals surface area contributed by atoms with E-state index in [0.29, 0.717) is 16.9 Å². The van der Waals surface area contributed by atoms with Gasteiger partial charge in [-0.1, -0.05) is 12.1 Å². The van der Waals surface area contributed by atoms with Crippen molar-refractivity contribution in [3.63, 3.8) is 0 Å². The third-order valence-corrected chi connectivity index (χ3v) is 4.76. The molecule has 0 fully saturated rings. The molecular formula is C20H16F4N2O2S. The molecule has 3 aromatic rings. The number of nitrogens with zero attached hydrogens (tertiary/aromatic N) is 2. The summed E-state index contributed by atoms with van der Waals surface area (Å²) in [7, 11) is 0. The molecule has 4 nitrogen and oxygen atoms in total. The van der Waals surface area contributed by atoms with Gasteiger partial charge in [0.15, 0.2) is 0 Å². The third-order valence-electron chi connectivity index (χ3n) is 3.94. The van der Waals surface area contributed by atoms with Crippen LogP contribution >= 0.6 is 11.3 Å². The second-order valence-electron chi connectivity index (χ2n) is 6.18. The lowest BCUT2D eigenvalue weighted by atomic mass is 10.1. The molecule has 152 valence electrons. The average molecular weight is 424 g/mol. The van der Waals surface area contributed by atoms with Gasteiger partial charge < -0.3 is 9.64 Å². The standard InChI is InChI=1S/C20H16F4N2O2S/c1-13-25-16(12-29-13)11-26(17-6-4-15(21)5-7-17)19(27)10-14-2-8-18(9-3-14)28-20(22,23)24/h2-9,12H,10-11H2,1H3. The van der Waals surface area contributed by atoms with Crippen molar-refractivity contribution in [2.45, 2.75) is 26.3 Å². The molecule has 0 spiro atoms. The number of aromatic nitrogens is 1. The van der Waals surface area contributed by atoms with Gasteiger partial charge in [-0.3, -0.25) is 4.79 Å². The Morgan fingerprint density at radius 2 is 1.76 bits per heavy atom. The first-order valence-electron chi connectivity index (χ1n) is 8.51. The minimum absolute atomic E-state index is 0.0488. The van der Waals surface area contributed by atoms with E-state index in [2.05, 4.69) is 9.72 Å². The summed E-state index contributed by atoms with van der Waals surface area (Å²) in [6.07, 6.45) is -4.82. The highest BCUT2D eigenvalue weighted by Crippen LogP contribution is 2.24. The van der Waals surface area contributed by atoms with E-state index in [9.17, 15) is 22.4 Å². The highest BCUT2D eigenvalue weighted by molar-refractivity contribution is 7.09. The number of alkyl halides is 3. The van der Waals surface area contributed by atoms with Crippen molar-refractivity contribution in [3.8, 4) is 5.75 Å². The number of hydrogen-bond acceptors (Lipinski definition) is 4. The summed E-state index contributed by atoms with van der Waals surface area (Å²) in [6, 6.07) is 10.6. The SMILES string of the molecule is Cc1nc(CN(C(=O)Cc2ccc(OC(F)(F)F)cc2)c2ccc(F)cc2)cs1. The number of aryl methyl sites for hydroxylation is 1. The van der Waals surface area contributed by atoms with Crippen LogP contribution in [-0.4, -0.2) is 17.3 Å². The number of anilines is 1. The predicted molar refractivity (Wildman–Crippen MR) is 101 cm³/mol. The summed E-state index contributed by atoms with van der Waals surface area (Å²) in [5, 5.41) is 2.69. The molecule has 0 bridgehead atoms. The topological polar surface area (TPSA) is 42.4 Å². The molecule has 0 atom stereocenters. The molecule has 0 aliphatic heterocycles. The van der Waals surface area contributed by atoms with Crippen LogP contribution in [0.5, 0.6) is 5.75 Å². The van der Waals surface area contributed by atoms with E-state index in [1.54, 1.807) is 0 Å². The summed E-state index contributed by atoms with van der Waals surface area (Å²) in [6.45, 7) is 2.05. The normalized spacial score (nSPS) is 11.3. The van der Waals surface area contributed by atoms with Crippen molar-refractivity contribution in [1.82, 2.24) is 4.98 Å². The lowest BCUT2D eigenvalue weighted by Gasteiger charge is -2.22. The molecule has 0 N–H and O–H groups in total. The van der Waals surface area contributed by atoms with E-state index in [4.69, 9.17) is 0 Å². The maximum Gasteiger partial charge on any atom is 0.573 e. The van der Waals surface area contributed by atoms with Crippen LogP contribution in [0.1, 0.15) is 16.3 Å². The van der Waals surface area contributed by atoms with Gasteiger partial charge in [0.1, 0.15) is 11.6 Å². The van der Waals surface area contributed by atoms with E-state index >= 15 is 0 Å². The molecule has 0 saturated carbocycles. The van der Waals surface area contributed by atoms with Gasteiger partial charge in [-0.15, -0.1) is 24.5 Å². The van der Waals surface area contributed by atoms with Gasteiger partial charge in [0.2, 0.25) is 5.91 Å². The first-order chi connectivity index (χ1) is 13.7. The van der Waals surface area contributed by atoms with Crippen LogP contribution in [0.15, 0.2) is 53.9 Å². The maximum atomic E-state index is 13.3. The van der Waals surface area contributed by atoms with Gasteiger partial charge in [0.25, 0.3) is 0 Å². The van der Waals surface area contributed by atoms with Crippen molar-refractivity contribution in [3.05, 3.63) is 76.0 Å². The largest absolute Gasteiger partial charge is 0.573 e. The third kappa shape index (κ3) is 6.02. The number of thiazole rings is 1. The first-order valence-corrected chi connectivity index (χ1v) is 9.39. The van der Waals surface area contributed by atoms with Crippen LogP contribution in [0, 0.1) is 12.7 Å². The molecule has 1 aromatic heterocycles. The first kappa shape index (κ1) is 20.8. The summed E-state index contributed by atoms with van der Waals surface area (Å²) in [5.74, 6) is -1.08. The number of carbonyl (C=O) groups is 1. The van der Waals surface area contributed by atoms with Crippen molar-refractivity contribution in [2.75, 3.05) is 4.90 Å². The number of benzene rings is 2. The van der Waals surface area contributed by atoms with Crippen molar-refractivity contribution in [1.29, 1.82) is 0 Å². The summed E-state index contributed by atoms with van der Waals surface area (Å²) in [5.41, 5.74) is 1.71. The Morgan fingerprint density at radius 3 is 2.31 bits per heavy atom. The molecular weight excluding hydrogens is 408 g/mol. The lowest BCUT2D eigenvalue weighted by Crippen LogP contribution is -2.32. The van der Waals surface area contributed by atoms with Gasteiger partial charge in [-0.05, 0) is 48.9 Å². The number of ether oxygens (including phenoxy) is 1. The molecule has 2 aromatic carbocycles. The van der Waals surface area contributed by atoms with Crippen LogP contribution in [0.25, 0.3) is 0 Å². The molecule has 1 amide bonds. The van der Waals surface area contributed by atoms with Crippen LogP contribution in [-0.2, 0) is 17.8 Å². The van der Waals surface area contributed by atoms with Gasteiger partial charge in [0, 0.05) is 11.1 Å². The van der Waals surface area contributed by atoms with Crippen LogP contribution in [0.2, 0.25) is 0 Å². The highest BCUT2D eigenvalue weighted by Gasteiger charge is 2.31. The number of rotatable bonds is 6. The minimum Gasteiger partial charge on any atom is -0.406 e. The average Bonchev–Trinajstić information content (AvgIpc) is 3.06. The van der Waals surface area contributed by atoms with E-state index in [1.165, 1.54) is 52.6 Å². The quantitative estimate of drug-likeness (QED) is 0.507. The number of amides is 1. The Labute approximate surface area is 168 Å². The molecule has 29 heavy (non-hydrogen) atoms. The predicted octanol–water partition coefficient (Wildman–Crippen LogP) is 5.27. The fourth-order valence-electron chi connectivity index (χ4n) is 2.67. The van der Waals surface area contributed by atoms with Gasteiger partial charge >= 0.3 is 6.36 Å². The fraction of sp³-hybridized carbons (Fsp3) is 0.200. The molecule has 3 rings (SSSR count). The monoisotopic (exact) mass is 424 g/mol. The zero-order chi connectivity index (χ0) is 21.0. The molecule has 0 aliphatic carbocycles. The molecule has 1 heterocycles. The molecule has 9 heteroatoms. The molecule has 0 saturated heterocycles. The van der Waals surface area contributed by atoms with E-state index in [0.717, 1.165) is 17.1 Å². The zero-order valence-electron chi connectivity index (χ0n) is 15.2. The van der Waals surface area contributed by atoms with Gasteiger partial charge in [0.05, 0.1) is 23.7 Å². The Kier molecular flexibility index (Phi) is 6.17. The summed E-state index contributed by atoms with van der Waals surface area (Å²) in [4.78, 5) is 18.7. The van der Waals surface area contributed by atoms with E-state index in [-0.39, 0.29) is 24.6 Å². The second-order valence-corrected chi connectivity index (χ2v) is 7.24. The smallest absolute Gasteiger partial charge is 0.406 e. The van der Waals surface area contributed by atoms with E-state index < -0.39 is 12.2 Å². The van der Waals surface area contributed by atoms with Crippen LogP contribution in [0.4, 0.5) is 23.2 Å². The Balaban J connectivity index is 1.78. The highest BCUT2D eigenvalue weighted by atomic mass is 32.1. The number of halogens is 4. The molecule has 0 radical (unpaired) electrons. The van der Waals surface area contributed by atoms with Crippen molar-refractivity contribution >= 4 is 22.9 Å². The summed E-state index contributed by atoms with van der Waals surface area (Å²) >= 11 is 1.45. The maximum absolute atomic E-state index is 13.3. The van der Waals surface area contributed by atoms with Crippen molar-refractivity contribution in [2.24, 2.45) is 0 Å². The number of hydrogen-bond donors (Lipinski definition) is 0. The summed E-state index contributed by atoms with van der Waals surface area (Å²) < 4.78 is 53.9. The van der Waals surface area contributed by atoms with Crippen LogP contribution < -0.4 is 9.64 Å². The Hall–Kier alpha value is -2.94. The second kappa shape index (κ2) is 8.60. The lowest BCUT2D eigenvalue weighted by molar-refractivity contribution is -0.274. The Morgan fingerprint density at radius 1 is 1.10 bits per heavy atom. The molecule has 0 aliphatic rings. The van der Waals surface area contributed by atoms with Crippen LogP contribution in [0.3, 0.4) is 0 Å². The Bertz CT molecular complexity index is 969. The van der Waals surface area contributed by atoms with Gasteiger partial charge in [-0.25, -0.2) is 9.37 Å². The van der Waals surface area contributed by atoms with Crippen molar-refractivity contribution < 1.29 is 27.1 Å². The minimum atomic E-state index is -4.78. The zero-order valence-corrected chi connectivity index (χ0v) is 16.1. The number of carbonyl (C=O) groups excluding carboxylic acids is 1. The van der Waals surface area contributed by atoms with Gasteiger partial charge in [-0.2, -0.15) is 0 Å².